The van der Waals surface area contributed by atoms with E-state index in [9.17, 15) is 4.79 Å². The average Bonchev–Trinajstić information content (AvgIpc) is 3.00. The number of tetrazole rings is 1. The molecule has 1 unspecified atom stereocenters. The van der Waals surface area contributed by atoms with Gasteiger partial charge >= 0.3 is 0 Å². The number of amides is 1. The maximum atomic E-state index is 12.3. The number of aromatic nitrogens is 4. The van der Waals surface area contributed by atoms with Crippen LogP contribution in [-0.2, 0) is 0 Å². The zero-order valence-corrected chi connectivity index (χ0v) is 12.2. The summed E-state index contributed by atoms with van der Waals surface area (Å²) in [4.78, 5) is 12.3. The van der Waals surface area contributed by atoms with E-state index in [1.165, 1.54) is 11.0 Å². The number of nitrogens with one attached hydrogen (secondary N) is 1. The molecule has 21 heavy (non-hydrogen) atoms. The minimum Gasteiger partial charge on any atom is -0.348 e. The Hall–Kier alpha value is -2.28. The summed E-state index contributed by atoms with van der Waals surface area (Å²) in [7, 11) is 0. The molecular weight excluding hydrogens is 268 g/mol. The van der Waals surface area contributed by atoms with Crippen LogP contribution in [0, 0.1) is 5.92 Å². The predicted octanol–water partition coefficient (Wildman–Crippen LogP) is 0.765. The number of benzene rings is 1. The van der Waals surface area contributed by atoms with Gasteiger partial charge in [-0.15, -0.1) is 5.10 Å². The molecule has 3 N–H and O–H groups in total. The summed E-state index contributed by atoms with van der Waals surface area (Å²) in [6, 6.07) is 7.11. The van der Waals surface area contributed by atoms with Gasteiger partial charge < -0.3 is 11.1 Å². The first-order chi connectivity index (χ1) is 10.1. The third-order valence-corrected chi connectivity index (χ3v) is 3.10. The fourth-order valence-electron chi connectivity index (χ4n) is 2.12. The summed E-state index contributed by atoms with van der Waals surface area (Å²) in [5.41, 5.74) is 7.01. The van der Waals surface area contributed by atoms with Crippen LogP contribution in [0.2, 0.25) is 0 Å². The van der Waals surface area contributed by atoms with E-state index in [0.29, 0.717) is 18.0 Å². The van der Waals surface area contributed by atoms with Crippen molar-refractivity contribution in [2.75, 3.05) is 6.54 Å². The molecule has 0 spiro atoms. The molecule has 1 heterocycles. The molecule has 1 atom stereocenters. The lowest BCUT2D eigenvalue weighted by Gasteiger charge is -2.19. The van der Waals surface area contributed by atoms with Crippen molar-refractivity contribution >= 4 is 5.91 Å². The van der Waals surface area contributed by atoms with Gasteiger partial charge in [-0.3, -0.25) is 4.79 Å². The van der Waals surface area contributed by atoms with Gasteiger partial charge in [-0.1, -0.05) is 19.9 Å². The van der Waals surface area contributed by atoms with Crippen LogP contribution in [0.15, 0.2) is 30.6 Å². The topological polar surface area (TPSA) is 98.7 Å². The van der Waals surface area contributed by atoms with Crippen LogP contribution in [0.1, 0.15) is 30.6 Å². The largest absolute Gasteiger partial charge is 0.348 e. The minimum atomic E-state index is -0.138. The van der Waals surface area contributed by atoms with Gasteiger partial charge in [0, 0.05) is 18.2 Å². The molecule has 0 aliphatic rings. The molecule has 0 fully saturated rings. The summed E-state index contributed by atoms with van der Waals surface area (Å²) < 4.78 is 1.51. The molecule has 0 saturated carbocycles. The second kappa shape index (κ2) is 6.94. The average molecular weight is 288 g/mol. The summed E-state index contributed by atoms with van der Waals surface area (Å²) in [6.07, 6.45) is 2.34. The molecule has 1 aromatic heterocycles. The van der Waals surface area contributed by atoms with Gasteiger partial charge in [-0.25, -0.2) is 4.68 Å². The molecule has 0 aliphatic heterocycles. The molecule has 7 nitrogen and oxygen atoms in total. The lowest BCUT2D eigenvalue weighted by Crippen LogP contribution is -2.41. The molecule has 0 radical (unpaired) electrons. The molecule has 7 heteroatoms. The fourth-order valence-corrected chi connectivity index (χ4v) is 2.12. The Labute approximate surface area is 123 Å². The third kappa shape index (κ3) is 4.09. The molecule has 0 bridgehead atoms. The summed E-state index contributed by atoms with van der Waals surface area (Å²) >= 11 is 0. The molecule has 1 aromatic carbocycles. The lowest BCUT2D eigenvalue weighted by atomic mass is 10.0. The van der Waals surface area contributed by atoms with Crippen molar-refractivity contribution in [3.8, 4) is 5.69 Å². The maximum Gasteiger partial charge on any atom is 0.251 e. The highest BCUT2D eigenvalue weighted by Gasteiger charge is 2.14. The Balaban J connectivity index is 2.10. The zero-order chi connectivity index (χ0) is 15.2. The Bertz CT molecular complexity index is 581. The van der Waals surface area contributed by atoms with E-state index in [-0.39, 0.29) is 11.9 Å². The second-order valence-corrected chi connectivity index (χ2v) is 5.34. The predicted molar refractivity (Wildman–Crippen MR) is 78.9 cm³/mol. The van der Waals surface area contributed by atoms with Gasteiger partial charge in [0.15, 0.2) is 0 Å². The van der Waals surface area contributed by atoms with Gasteiger partial charge in [-0.2, -0.15) is 0 Å². The lowest BCUT2D eigenvalue weighted by molar-refractivity contribution is 0.0933. The highest BCUT2D eigenvalue weighted by atomic mass is 16.1. The van der Waals surface area contributed by atoms with Crippen molar-refractivity contribution in [3.05, 3.63) is 36.2 Å². The number of carbonyl (C=O) groups excluding carboxylic acids is 1. The van der Waals surface area contributed by atoms with Gasteiger partial charge in [0.1, 0.15) is 6.33 Å². The van der Waals surface area contributed by atoms with E-state index >= 15 is 0 Å². The molecule has 112 valence electrons. The maximum absolute atomic E-state index is 12.3. The standard InChI is InChI=1S/C14H20N6O/c1-10(2)6-12(8-15)17-14(21)11-4-3-5-13(7-11)20-9-16-18-19-20/h3-5,7,9-10,12H,6,8,15H2,1-2H3,(H,17,21). The van der Waals surface area contributed by atoms with Crippen molar-refractivity contribution < 1.29 is 4.79 Å². The Morgan fingerprint density at radius 1 is 1.43 bits per heavy atom. The number of rotatable bonds is 6. The SMILES string of the molecule is CC(C)CC(CN)NC(=O)c1cccc(-n2cnnn2)c1. The smallest absolute Gasteiger partial charge is 0.251 e. The molecule has 0 aliphatic carbocycles. The number of nitrogens with two attached hydrogens (primary N) is 1. The Morgan fingerprint density at radius 3 is 2.86 bits per heavy atom. The second-order valence-electron chi connectivity index (χ2n) is 5.34. The van der Waals surface area contributed by atoms with Crippen LogP contribution in [0.5, 0.6) is 0 Å². The normalized spacial score (nSPS) is 12.4. The first-order valence-corrected chi connectivity index (χ1v) is 6.94. The summed E-state index contributed by atoms with van der Waals surface area (Å²) in [5, 5.41) is 13.9. The molecular formula is C14H20N6O. The highest BCUT2D eigenvalue weighted by Crippen LogP contribution is 2.10. The van der Waals surface area contributed by atoms with Crippen molar-refractivity contribution in [2.45, 2.75) is 26.3 Å². The van der Waals surface area contributed by atoms with Gasteiger partial charge in [0.25, 0.3) is 5.91 Å². The Morgan fingerprint density at radius 2 is 2.24 bits per heavy atom. The first-order valence-electron chi connectivity index (χ1n) is 6.94. The number of nitrogens with zero attached hydrogens (tertiary/aromatic N) is 4. The molecule has 2 rings (SSSR count). The fraction of sp³-hybridized carbons (Fsp3) is 0.429. The van der Waals surface area contributed by atoms with Crippen molar-refractivity contribution in [3.63, 3.8) is 0 Å². The number of hydrogen-bond acceptors (Lipinski definition) is 5. The third-order valence-electron chi connectivity index (χ3n) is 3.10. The number of carbonyl (C=O) groups is 1. The minimum absolute atomic E-state index is 0.0193. The van der Waals surface area contributed by atoms with E-state index in [0.717, 1.165) is 12.1 Å². The van der Waals surface area contributed by atoms with Crippen LogP contribution in [-0.4, -0.2) is 38.7 Å². The van der Waals surface area contributed by atoms with Gasteiger partial charge in [0.2, 0.25) is 0 Å². The van der Waals surface area contributed by atoms with Crippen LogP contribution in [0.25, 0.3) is 5.69 Å². The van der Waals surface area contributed by atoms with Gasteiger partial charge in [0.05, 0.1) is 5.69 Å². The van der Waals surface area contributed by atoms with Crippen LogP contribution in [0.3, 0.4) is 0 Å². The van der Waals surface area contributed by atoms with Crippen LogP contribution in [0.4, 0.5) is 0 Å². The van der Waals surface area contributed by atoms with Crippen molar-refractivity contribution in [2.24, 2.45) is 11.7 Å². The van der Waals surface area contributed by atoms with Crippen LogP contribution < -0.4 is 11.1 Å². The van der Waals surface area contributed by atoms with E-state index < -0.39 is 0 Å². The van der Waals surface area contributed by atoms with Crippen LogP contribution >= 0.6 is 0 Å². The quantitative estimate of drug-likeness (QED) is 0.818. The van der Waals surface area contributed by atoms with E-state index in [4.69, 9.17) is 5.73 Å². The van der Waals surface area contributed by atoms with Gasteiger partial charge in [-0.05, 0) is 41.0 Å². The van der Waals surface area contributed by atoms with E-state index in [1.54, 1.807) is 18.2 Å². The molecule has 0 saturated heterocycles. The summed E-state index contributed by atoms with van der Waals surface area (Å²) in [6.45, 7) is 4.64. The monoisotopic (exact) mass is 288 g/mol. The zero-order valence-electron chi connectivity index (χ0n) is 12.2. The van der Waals surface area contributed by atoms with E-state index in [2.05, 4.69) is 34.7 Å². The Kier molecular flexibility index (Phi) is 4.99. The molecule has 1 amide bonds. The van der Waals surface area contributed by atoms with E-state index in [1.807, 2.05) is 6.07 Å². The van der Waals surface area contributed by atoms with Crippen molar-refractivity contribution in [1.82, 2.24) is 25.5 Å². The van der Waals surface area contributed by atoms with Crippen molar-refractivity contribution in [1.29, 1.82) is 0 Å². The summed E-state index contributed by atoms with van der Waals surface area (Å²) in [5.74, 6) is 0.340. The molecule has 2 aromatic rings. The first kappa shape index (κ1) is 15.1. The highest BCUT2D eigenvalue weighted by molar-refractivity contribution is 5.94. The number of hydrogen-bond donors (Lipinski definition) is 2.